The number of ether oxygens (including phenoxy) is 1. The Morgan fingerprint density at radius 3 is 2.33 bits per heavy atom. The molecule has 1 rings (SSSR count). The molecule has 0 aliphatic rings. The summed E-state index contributed by atoms with van der Waals surface area (Å²) in [6.45, 7) is 2.53. The van der Waals surface area contributed by atoms with Crippen LogP contribution in [0.1, 0.15) is 18.9 Å². The van der Waals surface area contributed by atoms with Crippen molar-refractivity contribution in [3.8, 4) is 5.75 Å². The van der Waals surface area contributed by atoms with Crippen molar-refractivity contribution in [1.82, 2.24) is 5.32 Å². The Morgan fingerprint density at radius 2 is 1.93 bits per heavy atom. The van der Waals surface area contributed by atoms with Gasteiger partial charge in [0.1, 0.15) is 11.4 Å². The van der Waals surface area contributed by atoms with Crippen LogP contribution in [0.4, 0.5) is 0 Å². The summed E-state index contributed by atoms with van der Waals surface area (Å²) in [4.78, 5) is 0. The van der Waals surface area contributed by atoms with Crippen molar-refractivity contribution < 1.29 is 9.84 Å². The molecule has 0 aromatic heterocycles. The maximum absolute atomic E-state index is 10.4. The Labute approximate surface area is 91.1 Å². The Hall–Kier alpha value is -1.06. The number of hydrogen-bond acceptors (Lipinski definition) is 3. The van der Waals surface area contributed by atoms with E-state index in [1.165, 1.54) is 0 Å². The number of rotatable bonds is 5. The summed E-state index contributed by atoms with van der Waals surface area (Å²) in [5.41, 5.74) is 0.126. The van der Waals surface area contributed by atoms with E-state index in [-0.39, 0.29) is 0 Å². The van der Waals surface area contributed by atoms with Crippen LogP contribution in [-0.4, -0.2) is 25.8 Å². The van der Waals surface area contributed by atoms with Crippen molar-refractivity contribution in [1.29, 1.82) is 0 Å². The molecule has 0 heterocycles. The van der Waals surface area contributed by atoms with Crippen molar-refractivity contribution in [2.45, 2.75) is 18.9 Å². The molecule has 0 saturated heterocycles. The van der Waals surface area contributed by atoms with Crippen LogP contribution >= 0.6 is 0 Å². The summed E-state index contributed by atoms with van der Waals surface area (Å²) in [5, 5.41) is 13.4. The van der Waals surface area contributed by atoms with Crippen LogP contribution in [0.3, 0.4) is 0 Å². The van der Waals surface area contributed by atoms with E-state index in [4.69, 9.17) is 4.74 Å². The predicted molar refractivity (Wildman–Crippen MR) is 61.1 cm³/mol. The Morgan fingerprint density at radius 1 is 1.33 bits per heavy atom. The standard InChI is InChI=1S/C12H19NO2/c1-4-12(14,9-13-2)10-5-7-11(15-3)8-6-10/h5-8,13-14H,4,9H2,1-3H3. The van der Waals surface area contributed by atoms with Gasteiger partial charge in [-0.15, -0.1) is 0 Å². The Balaban J connectivity index is 2.92. The highest BCUT2D eigenvalue weighted by Gasteiger charge is 2.25. The van der Waals surface area contributed by atoms with Gasteiger partial charge >= 0.3 is 0 Å². The summed E-state index contributed by atoms with van der Waals surface area (Å²) in [6.07, 6.45) is 0.681. The van der Waals surface area contributed by atoms with Gasteiger partial charge in [0.2, 0.25) is 0 Å². The fourth-order valence-corrected chi connectivity index (χ4v) is 1.62. The van der Waals surface area contributed by atoms with Crippen LogP contribution in [-0.2, 0) is 5.60 Å². The fraction of sp³-hybridized carbons (Fsp3) is 0.500. The first-order chi connectivity index (χ1) is 7.16. The molecule has 0 saturated carbocycles. The molecule has 1 aromatic rings. The number of aliphatic hydroxyl groups is 1. The van der Waals surface area contributed by atoms with Gasteiger partial charge in [0, 0.05) is 6.54 Å². The molecule has 3 heteroatoms. The zero-order valence-electron chi connectivity index (χ0n) is 9.58. The van der Waals surface area contributed by atoms with Crippen LogP contribution in [0.15, 0.2) is 24.3 Å². The maximum atomic E-state index is 10.4. The van der Waals surface area contributed by atoms with Gasteiger partial charge in [-0.3, -0.25) is 0 Å². The van der Waals surface area contributed by atoms with Gasteiger partial charge in [-0.25, -0.2) is 0 Å². The van der Waals surface area contributed by atoms with Gasteiger partial charge in [0.25, 0.3) is 0 Å². The molecule has 0 spiro atoms. The molecule has 1 atom stereocenters. The zero-order chi connectivity index (χ0) is 11.3. The van der Waals surface area contributed by atoms with Crippen LogP contribution in [0, 0.1) is 0 Å². The molecule has 0 radical (unpaired) electrons. The van der Waals surface area contributed by atoms with Crippen LogP contribution in [0.2, 0.25) is 0 Å². The first-order valence-electron chi connectivity index (χ1n) is 5.18. The average molecular weight is 209 g/mol. The monoisotopic (exact) mass is 209 g/mol. The highest BCUT2D eigenvalue weighted by atomic mass is 16.5. The first-order valence-corrected chi connectivity index (χ1v) is 5.18. The smallest absolute Gasteiger partial charge is 0.118 e. The molecular formula is C12H19NO2. The van der Waals surface area contributed by atoms with Gasteiger partial charge < -0.3 is 15.2 Å². The van der Waals surface area contributed by atoms with Crippen molar-refractivity contribution in [2.75, 3.05) is 20.7 Å². The van der Waals surface area contributed by atoms with E-state index in [2.05, 4.69) is 5.32 Å². The summed E-state index contributed by atoms with van der Waals surface area (Å²) < 4.78 is 5.08. The molecule has 2 N–H and O–H groups in total. The summed E-state index contributed by atoms with van der Waals surface area (Å²) >= 11 is 0. The van der Waals surface area contributed by atoms with E-state index in [1.54, 1.807) is 7.11 Å². The second-order valence-corrected chi connectivity index (χ2v) is 3.64. The highest BCUT2D eigenvalue weighted by Crippen LogP contribution is 2.25. The lowest BCUT2D eigenvalue weighted by Gasteiger charge is -2.27. The van der Waals surface area contributed by atoms with E-state index in [0.29, 0.717) is 13.0 Å². The lowest BCUT2D eigenvalue weighted by Crippen LogP contribution is -2.35. The van der Waals surface area contributed by atoms with Crippen molar-refractivity contribution >= 4 is 0 Å². The zero-order valence-corrected chi connectivity index (χ0v) is 9.58. The highest BCUT2D eigenvalue weighted by molar-refractivity contribution is 5.31. The summed E-state index contributed by atoms with van der Waals surface area (Å²) in [5.74, 6) is 0.807. The minimum absolute atomic E-state index is 0.551. The van der Waals surface area contributed by atoms with Gasteiger partial charge in [-0.2, -0.15) is 0 Å². The van der Waals surface area contributed by atoms with Gasteiger partial charge in [0.05, 0.1) is 7.11 Å². The SMILES string of the molecule is CCC(O)(CNC)c1ccc(OC)cc1. The first kappa shape index (κ1) is 12.0. The summed E-state index contributed by atoms with van der Waals surface area (Å²) in [7, 11) is 3.47. The van der Waals surface area contributed by atoms with E-state index in [0.717, 1.165) is 11.3 Å². The molecule has 0 aliphatic carbocycles. The second kappa shape index (κ2) is 5.14. The Bertz CT molecular complexity index is 297. The minimum Gasteiger partial charge on any atom is -0.497 e. The third kappa shape index (κ3) is 2.70. The van der Waals surface area contributed by atoms with E-state index in [9.17, 15) is 5.11 Å². The number of nitrogens with one attached hydrogen (secondary N) is 1. The molecule has 0 amide bonds. The van der Waals surface area contributed by atoms with Crippen molar-refractivity contribution in [2.24, 2.45) is 0 Å². The molecule has 0 fully saturated rings. The van der Waals surface area contributed by atoms with E-state index >= 15 is 0 Å². The van der Waals surface area contributed by atoms with Crippen molar-refractivity contribution in [3.63, 3.8) is 0 Å². The quantitative estimate of drug-likeness (QED) is 0.772. The second-order valence-electron chi connectivity index (χ2n) is 3.64. The third-order valence-corrected chi connectivity index (χ3v) is 2.68. The Kier molecular flexibility index (Phi) is 4.12. The molecular weight excluding hydrogens is 190 g/mol. The lowest BCUT2D eigenvalue weighted by molar-refractivity contribution is 0.0346. The van der Waals surface area contributed by atoms with Crippen molar-refractivity contribution in [3.05, 3.63) is 29.8 Å². The lowest BCUT2D eigenvalue weighted by atomic mass is 9.91. The van der Waals surface area contributed by atoms with Crippen LogP contribution in [0.5, 0.6) is 5.75 Å². The summed E-state index contributed by atoms with van der Waals surface area (Å²) in [6, 6.07) is 7.54. The van der Waals surface area contributed by atoms with E-state index < -0.39 is 5.60 Å². The van der Waals surface area contributed by atoms with E-state index in [1.807, 2.05) is 38.2 Å². The third-order valence-electron chi connectivity index (χ3n) is 2.68. The minimum atomic E-state index is -0.791. The average Bonchev–Trinajstić information content (AvgIpc) is 2.29. The fourth-order valence-electron chi connectivity index (χ4n) is 1.62. The predicted octanol–water partition coefficient (Wildman–Crippen LogP) is 1.51. The molecule has 84 valence electrons. The number of methoxy groups -OCH3 is 1. The van der Waals surface area contributed by atoms with Crippen LogP contribution < -0.4 is 10.1 Å². The largest absolute Gasteiger partial charge is 0.497 e. The number of hydrogen-bond donors (Lipinski definition) is 2. The van der Waals surface area contributed by atoms with Crippen LogP contribution in [0.25, 0.3) is 0 Å². The van der Waals surface area contributed by atoms with Gasteiger partial charge in [0.15, 0.2) is 0 Å². The van der Waals surface area contributed by atoms with Gasteiger partial charge in [-0.05, 0) is 31.2 Å². The normalized spacial score (nSPS) is 14.7. The molecule has 1 unspecified atom stereocenters. The molecule has 15 heavy (non-hydrogen) atoms. The maximum Gasteiger partial charge on any atom is 0.118 e. The molecule has 0 aliphatic heterocycles. The molecule has 1 aromatic carbocycles. The number of benzene rings is 1. The topological polar surface area (TPSA) is 41.5 Å². The number of likely N-dealkylation sites (N-methyl/N-ethyl adjacent to an activating group) is 1. The molecule has 0 bridgehead atoms. The molecule has 3 nitrogen and oxygen atoms in total. The van der Waals surface area contributed by atoms with Gasteiger partial charge in [-0.1, -0.05) is 19.1 Å².